The Morgan fingerprint density at radius 2 is 2.07 bits per heavy atom. The molecule has 3 N–H and O–H groups in total. The van der Waals surface area contributed by atoms with Crippen LogP contribution in [-0.4, -0.2) is 10.1 Å². The highest BCUT2D eigenvalue weighted by Crippen LogP contribution is 2.32. The Labute approximate surface area is 88.6 Å². The molecule has 3 nitrogen and oxygen atoms in total. The lowest BCUT2D eigenvalue weighted by Crippen LogP contribution is -1.99. The number of para-hydroxylation sites is 1. The number of hydrogen-bond acceptors (Lipinski definition) is 3. The predicted molar refractivity (Wildman–Crippen MR) is 61.9 cm³/mol. The molecule has 0 unspecified atom stereocenters. The van der Waals surface area contributed by atoms with E-state index in [2.05, 4.69) is 18.8 Å². The molecular weight excluding hydrogens is 188 g/mol. The number of phenolic OH excluding ortho intramolecular Hbond substituents is 1. The van der Waals surface area contributed by atoms with Crippen molar-refractivity contribution in [3.63, 3.8) is 0 Å². The lowest BCUT2D eigenvalue weighted by atomic mass is 9.97. The molecule has 0 aliphatic heterocycles. The number of anilines is 1. The Morgan fingerprint density at radius 3 is 2.73 bits per heavy atom. The average molecular weight is 202 g/mol. The second-order valence-electron chi connectivity index (χ2n) is 3.96. The van der Waals surface area contributed by atoms with E-state index in [-0.39, 0.29) is 5.75 Å². The normalized spacial score (nSPS) is 11.1. The van der Waals surface area contributed by atoms with Crippen LogP contribution < -0.4 is 5.73 Å². The number of nitrogen functional groups attached to an aromatic ring is 1. The van der Waals surface area contributed by atoms with Gasteiger partial charge in [-0.25, -0.2) is 0 Å². The molecule has 0 saturated heterocycles. The van der Waals surface area contributed by atoms with Crippen LogP contribution in [0, 0.1) is 0 Å². The van der Waals surface area contributed by atoms with Crippen LogP contribution in [0.5, 0.6) is 5.75 Å². The second kappa shape index (κ2) is 3.42. The third-order valence-electron chi connectivity index (χ3n) is 2.53. The molecule has 0 atom stereocenters. The van der Waals surface area contributed by atoms with Crippen molar-refractivity contribution in [2.75, 3.05) is 5.73 Å². The van der Waals surface area contributed by atoms with E-state index in [0.717, 1.165) is 10.9 Å². The van der Waals surface area contributed by atoms with E-state index in [0.29, 0.717) is 17.1 Å². The SMILES string of the molecule is CC(C)c1c(N)cnc2c(O)cccc12. The first-order chi connectivity index (χ1) is 7.11. The van der Waals surface area contributed by atoms with E-state index in [4.69, 9.17) is 5.73 Å². The van der Waals surface area contributed by atoms with Gasteiger partial charge in [0, 0.05) is 5.39 Å². The summed E-state index contributed by atoms with van der Waals surface area (Å²) in [7, 11) is 0. The van der Waals surface area contributed by atoms with Gasteiger partial charge >= 0.3 is 0 Å². The number of fused-ring (bicyclic) bond motifs is 1. The number of benzene rings is 1. The van der Waals surface area contributed by atoms with Gasteiger partial charge in [-0.15, -0.1) is 0 Å². The van der Waals surface area contributed by atoms with Gasteiger partial charge < -0.3 is 10.8 Å². The molecule has 15 heavy (non-hydrogen) atoms. The zero-order valence-electron chi connectivity index (χ0n) is 8.86. The van der Waals surface area contributed by atoms with Crippen molar-refractivity contribution in [1.29, 1.82) is 0 Å². The summed E-state index contributed by atoms with van der Waals surface area (Å²) < 4.78 is 0. The molecule has 0 fully saturated rings. The minimum Gasteiger partial charge on any atom is -0.506 e. The van der Waals surface area contributed by atoms with Crippen LogP contribution in [0.2, 0.25) is 0 Å². The minimum absolute atomic E-state index is 0.203. The number of pyridine rings is 1. The largest absolute Gasteiger partial charge is 0.506 e. The van der Waals surface area contributed by atoms with Crippen molar-refractivity contribution in [3.05, 3.63) is 30.0 Å². The quantitative estimate of drug-likeness (QED) is 0.747. The average Bonchev–Trinajstić information content (AvgIpc) is 2.17. The van der Waals surface area contributed by atoms with Gasteiger partial charge in [-0.1, -0.05) is 26.0 Å². The number of phenols is 1. The summed E-state index contributed by atoms with van der Waals surface area (Å²) in [5.74, 6) is 0.520. The van der Waals surface area contributed by atoms with Crippen LogP contribution in [0.15, 0.2) is 24.4 Å². The highest BCUT2D eigenvalue weighted by molar-refractivity contribution is 5.90. The van der Waals surface area contributed by atoms with Crippen molar-refractivity contribution in [2.24, 2.45) is 0 Å². The lowest BCUT2D eigenvalue weighted by molar-refractivity contribution is 0.480. The number of nitrogens with zero attached hydrogens (tertiary/aromatic N) is 1. The highest BCUT2D eigenvalue weighted by Gasteiger charge is 2.11. The first-order valence-corrected chi connectivity index (χ1v) is 4.97. The molecule has 1 aromatic heterocycles. The maximum absolute atomic E-state index is 9.67. The molecule has 1 aromatic carbocycles. The van der Waals surface area contributed by atoms with Gasteiger partial charge in [-0.2, -0.15) is 0 Å². The molecule has 0 bridgehead atoms. The lowest BCUT2D eigenvalue weighted by Gasteiger charge is -2.12. The molecule has 2 aromatic rings. The van der Waals surface area contributed by atoms with E-state index >= 15 is 0 Å². The van der Waals surface area contributed by atoms with Gasteiger partial charge in [-0.3, -0.25) is 4.98 Å². The van der Waals surface area contributed by atoms with E-state index < -0.39 is 0 Å². The summed E-state index contributed by atoms with van der Waals surface area (Å²) in [5.41, 5.74) is 8.25. The molecule has 0 aliphatic rings. The molecule has 0 saturated carbocycles. The summed E-state index contributed by atoms with van der Waals surface area (Å²) in [6.07, 6.45) is 1.61. The number of aromatic hydroxyl groups is 1. The Balaban J connectivity index is 2.88. The van der Waals surface area contributed by atoms with E-state index in [9.17, 15) is 5.11 Å². The zero-order valence-corrected chi connectivity index (χ0v) is 8.86. The number of hydrogen-bond donors (Lipinski definition) is 2. The fourth-order valence-electron chi connectivity index (χ4n) is 1.89. The summed E-state index contributed by atoms with van der Waals surface area (Å²) in [5, 5.41) is 10.6. The second-order valence-corrected chi connectivity index (χ2v) is 3.96. The molecule has 3 heteroatoms. The molecule has 1 heterocycles. The third kappa shape index (κ3) is 1.50. The van der Waals surface area contributed by atoms with Crippen LogP contribution in [-0.2, 0) is 0 Å². The fourth-order valence-corrected chi connectivity index (χ4v) is 1.89. The summed E-state index contributed by atoms with van der Waals surface area (Å²) in [6, 6.07) is 5.38. The summed E-state index contributed by atoms with van der Waals surface area (Å²) in [4.78, 5) is 4.15. The van der Waals surface area contributed by atoms with Gasteiger partial charge in [0.05, 0.1) is 11.9 Å². The van der Waals surface area contributed by atoms with Crippen molar-refractivity contribution in [1.82, 2.24) is 4.98 Å². The van der Waals surface area contributed by atoms with Crippen LogP contribution in [0.1, 0.15) is 25.3 Å². The zero-order chi connectivity index (χ0) is 11.0. The molecule has 2 rings (SSSR count). The first kappa shape index (κ1) is 9.77. The van der Waals surface area contributed by atoms with E-state index in [1.54, 1.807) is 12.3 Å². The first-order valence-electron chi connectivity index (χ1n) is 4.97. The summed E-state index contributed by atoms with van der Waals surface area (Å²) >= 11 is 0. The molecule has 0 amide bonds. The number of aromatic nitrogens is 1. The summed E-state index contributed by atoms with van der Waals surface area (Å²) in [6.45, 7) is 4.16. The maximum atomic E-state index is 9.67. The van der Waals surface area contributed by atoms with Gasteiger partial charge in [0.15, 0.2) is 0 Å². The highest BCUT2D eigenvalue weighted by atomic mass is 16.3. The minimum atomic E-state index is 0.203. The van der Waals surface area contributed by atoms with Gasteiger partial charge in [0.25, 0.3) is 0 Å². The van der Waals surface area contributed by atoms with Crippen molar-refractivity contribution >= 4 is 16.6 Å². The Kier molecular flexibility index (Phi) is 2.23. The van der Waals surface area contributed by atoms with Gasteiger partial charge in [0.1, 0.15) is 11.3 Å². The molecule has 0 aliphatic carbocycles. The maximum Gasteiger partial charge on any atom is 0.141 e. The number of rotatable bonds is 1. The van der Waals surface area contributed by atoms with E-state index in [1.165, 1.54) is 0 Å². The van der Waals surface area contributed by atoms with E-state index in [1.807, 2.05) is 12.1 Å². The number of nitrogens with two attached hydrogens (primary N) is 1. The van der Waals surface area contributed by atoms with Gasteiger partial charge in [-0.05, 0) is 17.5 Å². The van der Waals surface area contributed by atoms with Crippen molar-refractivity contribution < 1.29 is 5.11 Å². The molecular formula is C12H14N2O. The molecule has 0 spiro atoms. The van der Waals surface area contributed by atoms with Crippen molar-refractivity contribution in [3.8, 4) is 5.75 Å². The Bertz CT molecular complexity index is 506. The van der Waals surface area contributed by atoms with Crippen LogP contribution in [0.3, 0.4) is 0 Å². The fraction of sp³-hybridized carbons (Fsp3) is 0.250. The molecule has 0 radical (unpaired) electrons. The van der Waals surface area contributed by atoms with Gasteiger partial charge in [0.2, 0.25) is 0 Å². The third-order valence-corrected chi connectivity index (χ3v) is 2.53. The van der Waals surface area contributed by atoms with Crippen LogP contribution >= 0.6 is 0 Å². The van der Waals surface area contributed by atoms with Crippen LogP contribution in [0.25, 0.3) is 10.9 Å². The topological polar surface area (TPSA) is 59.1 Å². The monoisotopic (exact) mass is 202 g/mol. The van der Waals surface area contributed by atoms with Crippen LogP contribution in [0.4, 0.5) is 5.69 Å². The standard InChI is InChI=1S/C12H14N2O/c1-7(2)11-8-4-3-5-10(15)12(8)14-6-9(11)13/h3-7,15H,13H2,1-2H3. The Morgan fingerprint density at radius 1 is 1.33 bits per heavy atom. The molecule has 78 valence electrons. The smallest absolute Gasteiger partial charge is 0.141 e. The van der Waals surface area contributed by atoms with Crippen molar-refractivity contribution in [2.45, 2.75) is 19.8 Å². The predicted octanol–water partition coefficient (Wildman–Crippen LogP) is 2.65. The Hall–Kier alpha value is -1.77.